The molecule has 2 unspecified atom stereocenters. The first kappa shape index (κ1) is 13.0. The van der Waals surface area contributed by atoms with E-state index in [9.17, 15) is 10.1 Å². The molecule has 1 aromatic rings. The van der Waals surface area contributed by atoms with E-state index in [4.69, 9.17) is 0 Å². The van der Waals surface area contributed by atoms with Gasteiger partial charge in [-0.2, -0.15) is 0 Å². The monoisotopic (exact) mass is 249 g/mol. The number of nitro groups is 1. The third-order valence-electron chi connectivity index (χ3n) is 3.22. The summed E-state index contributed by atoms with van der Waals surface area (Å²) >= 11 is 0. The van der Waals surface area contributed by atoms with Crippen molar-refractivity contribution in [2.45, 2.75) is 32.5 Å². The Morgan fingerprint density at radius 3 is 2.56 bits per heavy atom. The van der Waals surface area contributed by atoms with E-state index >= 15 is 0 Å². The number of piperazine rings is 1. The number of nitrogens with one attached hydrogen (secondary N) is 1. The maximum absolute atomic E-state index is 11.0. The molecular weight excluding hydrogens is 230 g/mol. The zero-order valence-corrected chi connectivity index (χ0v) is 10.8. The number of benzene rings is 1. The highest BCUT2D eigenvalue weighted by atomic mass is 16.6. The maximum atomic E-state index is 11.0. The van der Waals surface area contributed by atoms with Crippen molar-refractivity contribution in [3.63, 3.8) is 0 Å². The van der Waals surface area contributed by atoms with Crippen LogP contribution >= 0.6 is 0 Å². The van der Waals surface area contributed by atoms with Gasteiger partial charge >= 0.3 is 0 Å². The van der Waals surface area contributed by atoms with Gasteiger partial charge in [-0.3, -0.25) is 15.0 Å². The maximum Gasteiger partial charge on any atom is 0.273 e. The van der Waals surface area contributed by atoms with Crippen molar-refractivity contribution in [3.05, 3.63) is 39.9 Å². The molecular formula is C13H19N3O2. The van der Waals surface area contributed by atoms with Crippen LogP contribution in [0.25, 0.3) is 0 Å². The molecule has 0 aromatic heterocycles. The second kappa shape index (κ2) is 5.46. The Kier molecular flexibility index (Phi) is 3.93. The summed E-state index contributed by atoms with van der Waals surface area (Å²) in [4.78, 5) is 12.9. The smallest absolute Gasteiger partial charge is 0.273 e. The summed E-state index contributed by atoms with van der Waals surface area (Å²) in [6.45, 7) is 6.78. The van der Waals surface area contributed by atoms with Gasteiger partial charge in [-0.05, 0) is 13.8 Å². The molecule has 0 saturated carbocycles. The first-order valence-electron chi connectivity index (χ1n) is 6.27. The fraction of sp³-hybridized carbons (Fsp3) is 0.538. The summed E-state index contributed by atoms with van der Waals surface area (Å²) < 4.78 is 0. The van der Waals surface area contributed by atoms with Crippen LogP contribution in [0.2, 0.25) is 0 Å². The molecule has 5 nitrogen and oxygen atoms in total. The van der Waals surface area contributed by atoms with Gasteiger partial charge in [0.15, 0.2) is 0 Å². The van der Waals surface area contributed by atoms with E-state index in [-0.39, 0.29) is 10.6 Å². The molecule has 0 amide bonds. The highest BCUT2D eigenvalue weighted by Crippen LogP contribution is 2.20. The Labute approximate surface area is 107 Å². The molecule has 2 atom stereocenters. The lowest BCUT2D eigenvalue weighted by Crippen LogP contribution is -2.53. The summed E-state index contributed by atoms with van der Waals surface area (Å²) in [5.41, 5.74) is 1.01. The lowest BCUT2D eigenvalue weighted by atomic mass is 10.1. The van der Waals surface area contributed by atoms with Crippen molar-refractivity contribution in [1.29, 1.82) is 0 Å². The van der Waals surface area contributed by atoms with Crippen molar-refractivity contribution in [1.82, 2.24) is 10.2 Å². The normalized spacial score (nSPS) is 25.0. The van der Waals surface area contributed by atoms with Crippen molar-refractivity contribution in [2.75, 3.05) is 13.1 Å². The molecule has 1 fully saturated rings. The minimum absolute atomic E-state index is 0.219. The van der Waals surface area contributed by atoms with E-state index in [0.717, 1.165) is 18.7 Å². The molecule has 0 radical (unpaired) electrons. The minimum Gasteiger partial charge on any atom is -0.309 e. The van der Waals surface area contributed by atoms with Gasteiger partial charge in [-0.1, -0.05) is 18.2 Å². The molecule has 1 heterocycles. The van der Waals surface area contributed by atoms with Crippen LogP contribution < -0.4 is 5.32 Å². The number of hydrogen-bond acceptors (Lipinski definition) is 4. The van der Waals surface area contributed by atoms with Crippen LogP contribution in [-0.4, -0.2) is 35.0 Å². The molecule has 0 spiro atoms. The molecule has 98 valence electrons. The lowest BCUT2D eigenvalue weighted by Gasteiger charge is -2.36. The van der Waals surface area contributed by atoms with Crippen molar-refractivity contribution >= 4 is 5.69 Å². The SMILES string of the molecule is CC1CN(Cc2ccccc2[N+](=O)[O-])CC(C)N1. The second-order valence-corrected chi connectivity index (χ2v) is 5.05. The minimum atomic E-state index is -0.301. The zero-order valence-electron chi connectivity index (χ0n) is 10.8. The standard InChI is InChI=1S/C13H19N3O2/c1-10-7-15(8-11(2)14-10)9-12-5-3-4-6-13(12)16(17)18/h3-6,10-11,14H,7-9H2,1-2H3. The third-order valence-corrected chi connectivity index (χ3v) is 3.22. The lowest BCUT2D eigenvalue weighted by molar-refractivity contribution is -0.385. The van der Waals surface area contributed by atoms with E-state index in [1.807, 2.05) is 12.1 Å². The van der Waals surface area contributed by atoms with Crippen LogP contribution in [0.1, 0.15) is 19.4 Å². The Morgan fingerprint density at radius 1 is 1.33 bits per heavy atom. The van der Waals surface area contributed by atoms with E-state index < -0.39 is 0 Å². The van der Waals surface area contributed by atoms with Crippen LogP contribution in [0.3, 0.4) is 0 Å². The number of para-hydroxylation sites is 1. The quantitative estimate of drug-likeness (QED) is 0.655. The summed E-state index contributed by atoms with van der Waals surface area (Å²) in [7, 11) is 0. The van der Waals surface area contributed by atoms with Gasteiger partial charge in [0.25, 0.3) is 5.69 Å². The van der Waals surface area contributed by atoms with E-state index in [1.165, 1.54) is 0 Å². The number of hydrogen-bond donors (Lipinski definition) is 1. The van der Waals surface area contributed by atoms with Gasteiger partial charge < -0.3 is 5.32 Å². The predicted octanol–water partition coefficient (Wildman–Crippen LogP) is 1.78. The van der Waals surface area contributed by atoms with Crippen molar-refractivity contribution in [2.24, 2.45) is 0 Å². The van der Waals surface area contributed by atoms with Crippen LogP contribution in [0.5, 0.6) is 0 Å². The molecule has 0 bridgehead atoms. The summed E-state index contributed by atoms with van der Waals surface area (Å²) in [5, 5.41) is 14.4. The summed E-state index contributed by atoms with van der Waals surface area (Å²) in [5.74, 6) is 0. The highest BCUT2D eigenvalue weighted by molar-refractivity contribution is 5.39. The van der Waals surface area contributed by atoms with Gasteiger partial charge in [-0.25, -0.2) is 0 Å². The topological polar surface area (TPSA) is 58.4 Å². The zero-order chi connectivity index (χ0) is 13.1. The molecule has 2 rings (SSSR count). The molecule has 5 heteroatoms. The fourth-order valence-electron chi connectivity index (χ4n) is 2.63. The molecule has 0 aliphatic carbocycles. The van der Waals surface area contributed by atoms with E-state index in [0.29, 0.717) is 18.6 Å². The van der Waals surface area contributed by atoms with Crippen molar-refractivity contribution < 1.29 is 4.92 Å². The van der Waals surface area contributed by atoms with Gasteiger partial charge in [0.1, 0.15) is 0 Å². The third kappa shape index (κ3) is 3.05. The molecule has 1 aliphatic heterocycles. The Balaban J connectivity index is 2.11. The first-order valence-corrected chi connectivity index (χ1v) is 6.27. The highest BCUT2D eigenvalue weighted by Gasteiger charge is 2.23. The number of nitro benzene ring substituents is 1. The average Bonchev–Trinajstić information content (AvgIpc) is 2.27. The molecule has 18 heavy (non-hydrogen) atoms. The van der Waals surface area contributed by atoms with Crippen molar-refractivity contribution in [3.8, 4) is 0 Å². The fourth-order valence-corrected chi connectivity index (χ4v) is 2.63. The van der Waals surface area contributed by atoms with Crippen LogP contribution in [0, 0.1) is 10.1 Å². The van der Waals surface area contributed by atoms with Gasteiger partial charge in [0, 0.05) is 43.3 Å². The Bertz CT molecular complexity index is 426. The van der Waals surface area contributed by atoms with Gasteiger partial charge in [0.05, 0.1) is 4.92 Å². The molecule has 1 aliphatic rings. The summed E-state index contributed by atoms with van der Waals surface area (Å²) in [6, 6.07) is 7.84. The van der Waals surface area contributed by atoms with Crippen LogP contribution in [0.4, 0.5) is 5.69 Å². The summed E-state index contributed by atoms with van der Waals surface area (Å²) in [6.07, 6.45) is 0. The Hall–Kier alpha value is -1.46. The molecule has 1 N–H and O–H groups in total. The number of nitrogens with zero attached hydrogens (tertiary/aromatic N) is 2. The second-order valence-electron chi connectivity index (χ2n) is 5.05. The van der Waals surface area contributed by atoms with Gasteiger partial charge in [0.2, 0.25) is 0 Å². The molecule has 1 saturated heterocycles. The average molecular weight is 249 g/mol. The van der Waals surface area contributed by atoms with Crippen LogP contribution in [-0.2, 0) is 6.54 Å². The van der Waals surface area contributed by atoms with Crippen LogP contribution in [0.15, 0.2) is 24.3 Å². The first-order chi connectivity index (χ1) is 8.56. The largest absolute Gasteiger partial charge is 0.309 e. The number of rotatable bonds is 3. The predicted molar refractivity (Wildman–Crippen MR) is 70.4 cm³/mol. The van der Waals surface area contributed by atoms with E-state index in [1.54, 1.807) is 12.1 Å². The van der Waals surface area contributed by atoms with E-state index in [2.05, 4.69) is 24.1 Å². The van der Waals surface area contributed by atoms with Gasteiger partial charge in [-0.15, -0.1) is 0 Å². The molecule has 1 aromatic carbocycles. The Morgan fingerprint density at radius 2 is 1.94 bits per heavy atom.